The van der Waals surface area contributed by atoms with Crippen LogP contribution in [-0.4, -0.2) is 22.7 Å². The molecule has 112 valence electrons. The number of nitrogens with zero attached hydrogens (tertiary/aromatic N) is 2. The van der Waals surface area contributed by atoms with Crippen LogP contribution in [0, 0.1) is 6.92 Å². The molecule has 1 N–H and O–H groups in total. The fourth-order valence-corrected chi connectivity index (χ4v) is 2.51. The number of carbonyl (C=O) groups excluding carboxylic acids is 1. The van der Waals surface area contributed by atoms with E-state index in [9.17, 15) is 4.79 Å². The van der Waals surface area contributed by atoms with Gasteiger partial charge in [0.25, 0.3) is 5.91 Å². The third-order valence-corrected chi connectivity index (χ3v) is 3.62. The second-order valence-corrected chi connectivity index (χ2v) is 5.52. The van der Waals surface area contributed by atoms with Crippen LogP contribution < -0.4 is 10.1 Å². The quantitative estimate of drug-likeness (QED) is 0.782. The predicted octanol–water partition coefficient (Wildman–Crippen LogP) is 3.12. The topological polar surface area (TPSA) is 77.2 Å². The maximum Gasteiger partial charge on any atom is 0.264 e. The Balaban J connectivity index is 1.56. The third kappa shape index (κ3) is 3.50. The molecule has 7 heteroatoms. The molecular formula is C15H13N3O3S. The van der Waals surface area contributed by atoms with E-state index >= 15 is 0 Å². The van der Waals surface area contributed by atoms with Crippen molar-refractivity contribution >= 4 is 22.4 Å². The first kappa shape index (κ1) is 14.3. The molecule has 3 rings (SSSR count). The van der Waals surface area contributed by atoms with Crippen LogP contribution in [-0.2, 0) is 4.79 Å². The lowest BCUT2D eigenvalue weighted by molar-refractivity contribution is -0.118. The van der Waals surface area contributed by atoms with Crippen LogP contribution in [0.15, 0.2) is 47.1 Å². The van der Waals surface area contributed by atoms with Gasteiger partial charge < -0.3 is 9.15 Å². The fourth-order valence-electron chi connectivity index (χ4n) is 1.78. The zero-order valence-corrected chi connectivity index (χ0v) is 12.6. The van der Waals surface area contributed by atoms with Gasteiger partial charge in [0.15, 0.2) is 17.4 Å². The predicted molar refractivity (Wildman–Crippen MR) is 82.9 cm³/mol. The maximum absolute atomic E-state index is 11.8. The molecule has 1 aromatic carbocycles. The lowest BCUT2D eigenvalue weighted by Crippen LogP contribution is -2.20. The number of furan rings is 1. The summed E-state index contributed by atoms with van der Waals surface area (Å²) >= 11 is 1.24. The first-order chi connectivity index (χ1) is 10.7. The molecule has 0 atom stereocenters. The molecule has 0 radical (unpaired) electrons. The van der Waals surface area contributed by atoms with Gasteiger partial charge in [0, 0.05) is 0 Å². The van der Waals surface area contributed by atoms with E-state index in [1.807, 2.05) is 25.1 Å². The van der Waals surface area contributed by atoms with Gasteiger partial charge in [-0.1, -0.05) is 23.5 Å². The van der Waals surface area contributed by atoms with Crippen LogP contribution in [0.2, 0.25) is 0 Å². The Morgan fingerprint density at radius 1 is 1.32 bits per heavy atom. The number of amides is 1. The van der Waals surface area contributed by atoms with Crippen molar-refractivity contribution in [1.82, 2.24) is 10.2 Å². The third-order valence-electron chi connectivity index (χ3n) is 2.76. The number of rotatable bonds is 5. The number of aryl methyl sites for hydroxylation is 1. The van der Waals surface area contributed by atoms with Crippen LogP contribution in [0.1, 0.15) is 5.56 Å². The van der Waals surface area contributed by atoms with Crippen molar-refractivity contribution in [2.45, 2.75) is 6.92 Å². The van der Waals surface area contributed by atoms with E-state index in [2.05, 4.69) is 15.5 Å². The van der Waals surface area contributed by atoms with Gasteiger partial charge in [-0.2, -0.15) is 0 Å². The van der Waals surface area contributed by atoms with Crippen LogP contribution >= 0.6 is 11.3 Å². The number of benzene rings is 1. The highest BCUT2D eigenvalue weighted by Gasteiger charge is 2.11. The smallest absolute Gasteiger partial charge is 0.264 e. The van der Waals surface area contributed by atoms with Gasteiger partial charge in [-0.05, 0) is 36.8 Å². The average molecular weight is 315 g/mol. The van der Waals surface area contributed by atoms with E-state index in [0.29, 0.717) is 21.6 Å². The van der Waals surface area contributed by atoms with Gasteiger partial charge in [-0.25, -0.2) is 0 Å². The minimum atomic E-state index is -0.288. The molecule has 3 aromatic rings. The largest absolute Gasteiger partial charge is 0.484 e. The molecule has 2 heterocycles. The van der Waals surface area contributed by atoms with E-state index in [4.69, 9.17) is 9.15 Å². The highest BCUT2D eigenvalue weighted by molar-refractivity contribution is 7.18. The lowest BCUT2D eigenvalue weighted by Gasteiger charge is -2.05. The number of carbonyl (C=O) groups is 1. The van der Waals surface area contributed by atoms with Gasteiger partial charge >= 0.3 is 0 Å². The van der Waals surface area contributed by atoms with Crippen molar-refractivity contribution < 1.29 is 13.9 Å². The van der Waals surface area contributed by atoms with Crippen LogP contribution in [0.4, 0.5) is 5.13 Å². The SMILES string of the molecule is Cc1cccc(OCC(=O)Nc2nnc(-c3ccco3)s2)c1. The van der Waals surface area contributed by atoms with Crippen LogP contribution in [0.3, 0.4) is 0 Å². The summed E-state index contributed by atoms with van der Waals surface area (Å²) in [6, 6.07) is 11.1. The summed E-state index contributed by atoms with van der Waals surface area (Å²) < 4.78 is 10.7. The minimum Gasteiger partial charge on any atom is -0.484 e. The van der Waals surface area contributed by atoms with Gasteiger partial charge in [-0.3, -0.25) is 10.1 Å². The summed E-state index contributed by atoms with van der Waals surface area (Å²) in [5.74, 6) is 0.987. The molecule has 0 spiro atoms. The Hall–Kier alpha value is -2.67. The zero-order chi connectivity index (χ0) is 15.4. The molecule has 6 nitrogen and oxygen atoms in total. The molecule has 0 bridgehead atoms. The molecular weight excluding hydrogens is 302 g/mol. The molecule has 0 saturated heterocycles. The highest BCUT2D eigenvalue weighted by Crippen LogP contribution is 2.26. The molecule has 0 aliphatic carbocycles. The van der Waals surface area contributed by atoms with Gasteiger partial charge in [-0.15, -0.1) is 10.2 Å². The van der Waals surface area contributed by atoms with Crippen molar-refractivity contribution in [2.75, 3.05) is 11.9 Å². The molecule has 0 saturated carbocycles. The summed E-state index contributed by atoms with van der Waals surface area (Å²) in [7, 11) is 0. The normalized spacial score (nSPS) is 10.4. The van der Waals surface area contributed by atoms with E-state index in [1.54, 1.807) is 24.5 Å². The first-order valence-electron chi connectivity index (χ1n) is 6.57. The molecule has 0 unspecified atom stereocenters. The number of aromatic nitrogens is 2. The molecule has 22 heavy (non-hydrogen) atoms. The van der Waals surface area contributed by atoms with E-state index in [1.165, 1.54) is 11.3 Å². The Labute approximate surface area is 130 Å². The Bertz CT molecular complexity index is 768. The van der Waals surface area contributed by atoms with Crippen LogP contribution in [0.25, 0.3) is 10.8 Å². The zero-order valence-electron chi connectivity index (χ0n) is 11.8. The second-order valence-electron chi connectivity index (χ2n) is 4.54. The lowest BCUT2D eigenvalue weighted by atomic mass is 10.2. The van der Waals surface area contributed by atoms with Gasteiger partial charge in [0.1, 0.15) is 5.75 Å². The number of hydrogen-bond donors (Lipinski definition) is 1. The van der Waals surface area contributed by atoms with E-state index in [-0.39, 0.29) is 12.5 Å². The summed E-state index contributed by atoms with van der Waals surface area (Å²) in [4.78, 5) is 11.8. The minimum absolute atomic E-state index is 0.0842. The Morgan fingerprint density at radius 2 is 2.23 bits per heavy atom. The molecule has 0 aliphatic rings. The first-order valence-corrected chi connectivity index (χ1v) is 7.39. The highest BCUT2D eigenvalue weighted by atomic mass is 32.1. The standard InChI is InChI=1S/C15H13N3O3S/c1-10-4-2-5-11(8-10)21-9-13(19)16-15-18-17-14(22-15)12-6-3-7-20-12/h2-8H,9H2,1H3,(H,16,18,19). The second kappa shape index (κ2) is 6.40. The molecule has 0 aliphatic heterocycles. The van der Waals surface area contributed by atoms with E-state index < -0.39 is 0 Å². The number of hydrogen-bond acceptors (Lipinski definition) is 6. The molecule has 1 amide bonds. The maximum atomic E-state index is 11.8. The monoisotopic (exact) mass is 315 g/mol. The van der Waals surface area contributed by atoms with E-state index in [0.717, 1.165) is 5.56 Å². The number of anilines is 1. The van der Waals surface area contributed by atoms with Gasteiger partial charge in [0.2, 0.25) is 5.13 Å². The van der Waals surface area contributed by atoms with Gasteiger partial charge in [0.05, 0.1) is 6.26 Å². The summed E-state index contributed by atoms with van der Waals surface area (Å²) in [5, 5.41) is 11.5. The van der Waals surface area contributed by atoms with Crippen molar-refractivity contribution in [1.29, 1.82) is 0 Å². The van der Waals surface area contributed by atoms with Crippen LogP contribution in [0.5, 0.6) is 5.75 Å². The Morgan fingerprint density at radius 3 is 3.00 bits per heavy atom. The fraction of sp³-hybridized carbons (Fsp3) is 0.133. The number of ether oxygens (including phenoxy) is 1. The molecule has 0 fully saturated rings. The van der Waals surface area contributed by atoms with Crippen molar-refractivity contribution in [2.24, 2.45) is 0 Å². The summed E-state index contributed by atoms with van der Waals surface area (Å²) in [6.07, 6.45) is 1.56. The molecule has 2 aromatic heterocycles. The number of nitrogens with one attached hydrogen (secondary N) is 1. The summed E-state index contributed by atoms with van der Waals surface area (Å²) in [5.41, 5.74) is 1.07. The van der Waals surface area contributed by atoms with Crippen molar-refractivity contribution in [3.05, 3.63) is 48.2 Å². The summed E-state index contributed by atoms with van der Waals surface area (Å²) in [6.45, 7) is 1.88. The Kier molecular flexibility index (Phi) is 4.15. The van der Waals surface area contributed by atoms with Crippen molar-refractivity contribution in [3.8, 4) is 16.5 Å². The average Bonchev–Trinajstić information content (AvgIpc) is 3.16. The van der Waals surface area contributed by atoms with Crippen molar-refractivity contribution in [3.63, 3.8) is 0 Å².